The van der Waals surface area contributed by atoms with E-state index in [1.165, 1.54) is 88.8 Å². The topological polar surface area (TPSA) is 44.2 Å². The van der Waals surface area contributed by atoms with Crippen molar-refractivity contribution in [2.75, 3.05) is 79.6 Å². The summed E-state index contributed by atoms with van der Waals surface area (Å²) in [4.78, 5) is 23.0. The van der Waals surface area contributed by atoms with Gasteiger partial charge in [-0.1, -0.05) is 42.5 Å². The molecule has 2 saturated heterocycles. The van der Waals surface area contributed by atoms with E-state index in [2.05, 4.69) is 101 Å². The van der Waals surface area contributed by atoms with Crippen LogP contribution in [0.25, 0.3) is 21.7 Å². The zero-order valence-corrected chi connectivity index (χ0v) is 30.5. The molecule has 2 fully saturated rings. The Morgan fingerprint density at radius 2 is 1.44 bits per heavy atom. The van der Waals surface area contributed by atoms with Gasteiger partial charge in [0.05, 0.1) is 7.11 Å². The van der Waals surface area contributed by atoms with Crippen molar-refractivity contribution in [3.8, 4) is 5.75 Å². The summed E-state index contributed by atoms with van der Waals surface area (Å²) in [7, 11) is 3.94. The van der Waals surface area contributed by atoms with Gasteiger partial charge in [-0.3, -0.25) is 9.69 Å². The van der Waals surface area contributed by atoms with Crippen molar-refractivity contribution in [3.05, 3.63) is 112 Å². The second kappa shape index (κ2) is 15.4. The molecule has 0 radical (unpaired) electrons. The van der Waals surface area contributed by atoms with Gasteiger partial charge in [-0.25, -0.2) is 0 Å². The van der Waals surface area contributed by atoms with Crippen molar-refractivity contribution < 1.29 is 9.53 Å². The van der Waals surface area contributed by atoms with E-state index in [0.717, 1.165) is 63.4 Å². The average molecular weight is 672 g/mol. The van der Waals surface area contributed by atoms with Crippen LogP contribution in [0.1, 0.15) is 44.7 Å². The smallest absolute Gasteiger partial charge is 0.253 e. The second-order valence-corrected chi connectivity index (χ2v) is 14.5. The predicted molar refractivity (Wildman–Crippen MR) is 206 cm³/mol. The molecule has 7 nitrogen and oxygen atoms in total. The van der Waals surface area contributed by atoms with Gasteiger partial charge in [0.1, 0.15) is 5.75 Å². The minimum absolute atomic E-state index is 0.138. The summed E-state index contributed by atoms with van der Waals surface area (Å²) in [5.41, 5.74) is 8.78. The number of nitrogens with zero attached hydrogens (tertiary/aromatic N) is 5. The molecule has 2 aliphatic rings. The van der Waals surface area contributed by atoms with Crippen molar-refractivity contribution in [3.63, 3.8) is 0 Å². The third-order valence-electron chi connectivity index (χ3n) is 11.3. The van der Waals surface area contributed by atoms with E-state index in [0.29, 0.717) is 0 Å². The maximum absolute atomic E-state index is 13.4. The normalized spacial score (nSPS) is 16.4. The summed E-state index contributed by atoms with van der Waals surface area (Å²) < 4.78 is 7.99. The van der Waals surface area contributed by atoms with Crippen LogP contribution in [0.2, 0.25) is 0 Å². The fraction of sp³-hybridized carbons (Fsp3) is 0.419. The molecule has 1 aromatic heterocycles. The standard InChI is InChI=1S/C43H53N5O2/c1-32-33(2)48(19-6-18-45-23-21-44(3)22-24-45)42-16-11-35(30-40(32)42)29-34-9-12-38(13-10-34)43(49)47-27-25-46(26-28-47)20-17-37-8-5-7-36-14-15-39(50-4)31-41(36)37/h5,7-16,30-31H,6,17-29H2,1-4H3. The number of likely N-dealkylation sites (N-methyl/N-ethyl adjacent to an activating group) is 1. The number of hydrogen-bond acceptors (Lipinski definition) is 5. The van der Waals surface area contributed by atoms with Crippen LogP contribution in [0.5, 0.6) is 5.75 Å². The number of ether oxygens (including phenoxy) is 1. The number of benzene rings is 4. The molecule has 4 aromatic carbocycles. The fourth-order valence-corrected chi connectivity index (χ4v) is 7.92. The van der Waals surface area contributed by atoms with Crippen molar-refractivity contribution in [2.45, 2.75) is 39.7 Å². The molecular weight excluding hydrogens is 619 g/mol. The number of fused-ring (bicyclic) bond motifs is 2. The third-order valence-corrected chi connectivity index (χ3v) is 11.3. The van der Waals surface area contributed by atoms with Crippen LogP contribution in [0.3, 0.4) is 0 Å². The first-order chi connectivity index (χ1) is 24.4. The first-order valence-corrected chi connectivity index (χ1v) is 18.5. The van der Waals surface area contributed by atoms with Crippen LogP contribution in [0.4, 0.5) is 0 Å². The summed E-state index contributed by atoms with van der Waals surface area (Å²) in [6.07, 6.45) is 3.02. The lowest BCUT2D eigenvalue weighted by molar-refractivity contribution is 0.0638. The molecule has 2 aliphatic heterocycles. The number of methoxy groups -OCH3 is 1. The summed E-state index contributed by atoms with van der Waals surface area (Å²) in [5.74, 6) is 1.03. The maximum Gasteiger partial charge on any atom is 0.253 e. The number of carbonyl (C=O) groups excluding carboxylic acids is 1. The number of aromatic nitrogens is 1. The Morgan fingerprint density at radius 3 is 2.20 bits per heavy atom. The van der Waals surface area contributed by atoms with Crippen molar-refractivity contribution in [1.29, 1.82) is 0 Å². The van der Waals surface area contributed by atoms with Gasteiger partial charge in [0, 0.05) is 87.6 Å². The lowest BCUT2D eigenvalue weighted by atomic mass is 10.0. The first-order valence-electron chi connectivity index (χ1n) is 18.5. The molecule has 262 valence electrons. The van der Waals surface area contributed by atoms with E-state index < -0.39 is 0 Å². The van der Waals surface area contributed by atoms with Gasteiger partial charge in [-0.2, -0.15) is 0 Å². The summed E-state index contributed by atoms with van der Waals surface area (Å²) in [6.45, 7) is 15.8. The number of amides is 1. The molecule has 3 heterocycles. The Balaban J connectivity index is 0.911. The van der Waals surface area contributed by atoms with Crippen LogP contribution in [-0.2, 0) is 19.4 Å². The molecule has 0 spiro atoms. The van der Waals surface area contributed by atoms with E-state index in [1.54, 1.807) is 7.11 Å². The average Bonchev–Trinajstić information content (AvgIpc) is 3.39. The molecule has 5 aromatic rings. The molecule has 1 amide bonds. The highest BCUT2D eigenvalue weighted by atomic mass is 16.5. The lowest BCUT2D eigenvalue weighted by Crippen LogP contribution is -2.49. The van der Waals surface area contributed by atoms with E-state index in [9.17, 15) is 4.79 Å². The minimum atomic E-state index is 0.138. The number of carbonyl (C=O) groups is 1. The maximum atomic E-state index is 13.4. The number of piperazine rings is 2. The minimum Gasteiger partial charge on any atom is -0.497 e. The van der Waals surface area contributed by atoms with Gasteiger partial charge in [0.2, 0.25) is 0 Å². The van der Waals surface area contributed by atoms with Crippen LogP contribution in [0.15, 0.2) is 78.9 Å². The summed E-state index contributed by atoms with van der Waals surface area (Å²) in [5, 5.41) is 3.87. The van der Waals surface area contributed by atoms with Gasteiger partial charge in [-0.15, -0.1) is 0 Å². The molecule has 0 bridgehead atoms. The van der Waals surface area contributed by atoms with E-state index in [-0.39, 0.29) is 5.91 Å². The number of hydrogen-bond donors (Lipinski definition) is 0. The van der Waals surface area contributed by atoms with Crippen LogP contribution in [0, 0.1) is 13.8 Å². The molecule has 7 heteroatoms. The SMILES string of the molecule is COc1ccc2cccc(CCN3CCN(C(=O)c4ccc(Cc5ccc6c(c5)c(C)c(C)n6CCCN5CCN(C)CC5)cc4)CC3)c2c1. The molecule has 0 N–H and O–H groups in total. The first kappa shape index (κ1) is 34.3. The van der Waals surface area contributed by atoms with Crippen LogP contribution < -0.4 is 4.74 Å². The largest absolute Gasteiger partial charge is 0.497 e. The quantitative estimate of drug-likeness (QED) is 0.158. The van der Waals surface area contributed by atoms with E-state index in [1.807, 2.05) is 23.1 Å². The van der Waals surface area contributed by atoms with Crippen molar-refractivity contribution in [1.82, 2.24) is 24.2 Å². The molecule has 0 unspecified atom stereocenters. The van der Waals surface area contributed by atoms with Crippen molar-refractivity contribution in [2.24, 2.45) is 0 Å². The third kappa shape index (κ3) is 7.60. The van der Waals surface area contributed by atoms with E-state index in [4.69, 9.17) is 4.74 Å². The fourth-order valence-electron chi connectivity index (χ4n) is 7.92. The summed E-state index contributed by atoms with van der Waals surface area (Å²) in [6, 6.07) is 28.1. The summed E-state index contributed by atoms with van der Waals surface area (Å²) >= 11 is 0. The number of aryl methyl sites for hydroxylation is 2. The van der Waals surface area contributed by atoms with Gasteiger partial charge in [0.25, 0.3) is 5.91 Å². The molecule has 50 heavy (non-hydrogen) atoms. The van der Waals surface area contributed by atoms with Gasteiger partial charge in [0.15, 0.2) is 0 Å². The van der Waals surface area contributed by atoms with Gasteiger partial charge in [-0.05, 0) is 116 Å². The Bertz CT molecular complexity index is 1930. The molecule has 7 rings (SSSR count). The molecule has 0 aliphatic carbocycles. The zero-order valence-electron chi connectivity index (χ0n) is 30.5. The zero-order chi connectivity index (χ0) is 34.6. The Kier molecular flexibility index (Phi) is 10.5. The predicted octanol–water partition coefficient (Wildman–Crippen LogP) is 6.65. The highest BCUT2D eigenvalue weighted by Gasteiger charge is 2.22. The second-order valence-electron chi connectivity index (χ2n) is 14.5. The van der Waals surface area contributed by atoms with Crippen molar-refractivity contribution >= 4 is 27.6 Å². The van der Waals surface area contributed by atoms with Gasteiger partial charge >= 0.3 is 0 Å². The monoisotopic (exact) mass is 671 g/mol. The van der Waals surface area contributed by atoms with Crippen LogP contribution >= 0.6 is 0 Å². The Morgan fingerprint density at radius 1 is 0.720 bits per heavy atom. The molecular formula is C43H53N5O2. The number of rotatable bonds is 11. The lowest BCUT2D eigenvalue weighted by Gasteiger charge is -2.35. The Labute approximate surface area is 298 Å². The highest BCUT2D eigenvalue weighted by molar-refractivity contribution is 5.94. The highest BCUT2D eigenvalue weighted by Crippen LogP contribution is 2.28. The Hall–Kier alpha value is -4.17. The molecule has 0 atom stereocenters. The van der Waals surface area contributed by atoms with Crippen LogP contribution in [-0.4, -0.2) is 110 Å². The van der Waals surface area contributed by atoms with E-state index >= 15 is 0 Å². The van der Waals surface area contributed by atoms with Gasteiger partial charge < -0.3 is 24.0 Å². The molecule has 0 saturated carbocycles.